The summed E-state index contributed by atoms with van der Waals surface area (Å²) in [4.78, 5) is 28.0. The van der Waals surface area contributed by atoms with Crippen LogP contribution in [-0.4, -0.2) is 36.4 Å². The van der Waals surface area contributed by atoms with Crippen LogP contribution in [0.15, 0.2) is 30.3 Å². The van der Waals surface area contributed by atoms with Crippen LogP contribution in [0.5, 0.6) is 0 Å². The van der Waals surface area contributed by atoms with Crippen LogP contribution in [0.25, 0.3) is 0 Å². The fraction of sp³-hybridized carbons (Fsp3) is 0.316. The van der Waals surface area contributed by atoms with Crippen LogP contribution < -0.4 is 11.1 Å². The highest BCUT2D eigenvalue weighted by atomic mass is 35.5. The van der Waals surface area contributed by atoms with Gasteiger partial charge in [-0.25, -0.2) is 4.98 Å². The summed E-state index contributed by atoms with van der Waals surface area (Å²) in [5, 5.41) is 3.79. The van der Waals surface area contributed by atoms with Crippen LogP contribution in [0.3, 0.4) is 0 Å². The number of halogens is 1. The van der Waals surface area contributed by atoms with Crippen LogP contribution in [0.2, 0.25) is 5.02 Å². The molecule has 3 N–H and O–H groups in total. The quantitative estimate of drug-likeness (QED) is 0.784. The number of ketones is 1. The minimum atomic E-state index is -0.661. The summed E-state index contributed by atoms with van der Waals surface area (Å²) in [5.41, 5.74) is 8.01. The predicted octanol–water partition coefficient (Wildman–Crippen LogP) is 2.23. The molecule has 1 aliphatic rings. The molecular formula is C19H20ClN3O3. The van der Waals surface area contributed by atoms with Crippen molar-refractivity contribution in [2.24, 2.45) is 5.73 Å². The number of nitrogens with two attached hydrogens (primary N) is 1. The second-order valence-corrected chi connectivity index (χ2v) is 6.67. The van der Waals surface area contributed by atoms with Gasteiger partial charge in [0.25, 0.3) is 5.91 Å². The molecule has 1 aromatic carbocycles. The average Bonchev–Trinajstić information content (AvgIpc) is 2.63. The van der Waals surface area contributed by atoms with E-state index in [0.717, 1.165) is 24.2 Å². The summed E-state index contributed by atoms with van der Waals surface area (Å²) in [6, 6.07) is 8.67. The van der Waals surface area contributed by atoms with Crippen molar-refractivity contribution >= 4 is 23.3 Å². The lowest BCUT2D eigenvalue weighted by Crippen LogP contribution is -2.33. The predicted molar refractivity (Wildman–Crippen MR) is 98.5 cm³/mol. The lowest BCUT2D eigenvalue weighted by molar-refractivity contribution is 0.0277. The molecule has 1 amide bonds. The van der Waals surface area contributed by atoms with E-state index in [1.54, 1.807) is 13.0 Å². The molecule has 7 heteroatoms. The number of carbonyl (C=O) groups excluding carboxylic acids is 2. The Labute approximate surface area is 156 Å². The Morgan fingerprint density at radius 2 is 2.15 bits per heavy atom. The van der Waals surface area contributed by atoms with Gasteiger partial charge in [0.2, 0.25) is 0 Å². The number of carbonyl (C=O) groups is 2. The third-order valence-corrected chi connectivity index (χ3v) is 4.61. The minimum Gasteiger partial charge on any atom is -0.371 e. The van der Waals surface area contributed by atoms with E-state index in [-0.39, 0.29) is 24.0 Å². The van der Waals surface area contributed by atoms with Gasteiger partial charge in [-0.3, -0.25) is 9.59 Å². The molecule has 6 nitrogen and oxygen atoms in total. The summed E-state index contributed by atoms with van der Waals surface area (Å²) in [7, 11) is 0. The van der Waals surface area contributed by atoms with Gasteiger partial charge >= 0.3 is 0 Å². The van der Waals surface area contributed by atoms with Crippen molar-refractivity contribution in [3.8, 4) is 0 Å². The number of pyridine rings is 1. The smallest absolute Gasteiger partial charge is 0.267 e. The maximum absolute atomic E-state index is 12.6. The average molecular weight is 374 g/mol. The van der Waals surface area contributed by atoms with Gasteiger partial charge in [-0.05, 0) is 36.2 Å². The monoisotopic (exact) mass is 373 g/mol. The normalized spacial score (nSPS) is 17.1. The first-order valence-electron chi connectivity index (χ1n) is 8.36. The molecule has 0 spiro atoms. The number of hydrogen-bond donors (Lipinski definition) is 2. The van der Waals surface area contributed by atoms with Crippen molar-refractivity contribution in [1.29, 1.82) is 0 Å². The van der Waals surface area contributed by atoms with E-state index in [0.29, 0.717) is 22.9 Å². The minimum absolute atomic E-state index is 0.0352. The van der Waals surface area contributed by atoms with Gasteiger partial charge < -0.3 is 15.8 Å². The molecule has 2 aromatic rings. The number of nitrogens with zero attached hydrogens (tertiary/aromatic N) is 1. The van der Waals surface area contributed by atoms with Gasteiger partial charge in [0.05, 0.1) is 12.7 Å². The van der Waals surface area contributed by atoms with Gasteiger partial charge in [0.15, 0.2) is 5.78 Å². The summed E-state index contributed by atoms with van der Waals surface area (Å²) >= 11 is 6.38. The van der Waals surface area contributed by atoms with Gasteiger partial charge in [-0.2, -0.15) is 0 Å². The summed E-state index contributed by atoms with van der Waals surface area (Å²) in [6.45, 7) is 3.95. The van der Waals surface area contributed by atoms with Crippen molar-refractivity contribution in [2.45, 2.75) is 19.4 Å². The number of amides is 1. The Kier molecular flexibility index (Phi) is 5.66. The van der Waals surface area contributed by atoms with Gasteiger partial charge in [0.1, 0.15) is 5.69 Å². The summed E-state index contributed by atoms with van der Waals surface area (Å²) in [6.07, 6.45) is 0.0943. The molecule has 0 radical (unpaired) electrons. The van der Waals surface area contributed by atoms with E-state index >= 15 is 0 Å². The molecule has 136 valence electrons. The third kappa shape index (κ3) is 4.27. The highest BCUT2D eigenvalue weighted by molar-refractivity contribution is 6.31. The van der Waals surface area contributed by atoms with Crippen molar-refractivity contribution in [1.82, 2.24) is 10.3 Å². The van der Waals surface area contributed by atoms with Gasteiger partial charge in [-0.1, -0.05) is 23.7 Å². The van der Waals surface area contributed by atoms with Crippen molar-refractivity contribution in [2.75, 3.05) is 19.7 Å². The second-order valence-electron chi connectivity index (χ2n) is 6.26. The highest BCUT2D eigenvalue weighted by Crippen LogP contribution is 2.26. The molecule has 0 bridgehead atoms. The lowest BCUT2D eigenvalue weighted by Gasteiger charge is -2.24. The Morgan fingerprint density at radius 3 is 2.81 bits per heavy atom. The number of benzene rings is 1. The fourth-order valence-electron chi connectivity index (χ4n) is 2.92. The number of aromatic nitrogens is 1. The van der Waals surface area contributed by atoms with Crippen LogP contribution in [-0.2, 0) is 11.2 Å². The number of nitrogens with one attached hydrogen (secondary N) is 1. The maximum atomic E-state index is 12.6. The molecule has 3 rings (SSSR count). The van der Waals surface area contributed by atoms with Crippen molar-refractivity contribution < 1.29 is 14.3 Å². The maximum Gasteiger partial charge on any atom is 0.267 e. The topological polar surface area (TPSA) is 94.3 Å². The SMILES string of the molecule is Cc1cc(C(=O)Cc2ccc([C@H]3CNCCO3)cc2Cl)cc(C(N)=O)n1. The molecule has 0 aliphatic carbocycles. The molecule has 1 saturated heterocycles. The summed E-state index contributed by atoms with van der Waals surface area (Å²) < 4.78 is 5.72. The third-order valence-electron chi connectivity index (χ3n) is 4.26. The number of morpholine rings is 1. The molecule has 26 heavy (non-hydrogen) atoms. The number of aryl methyl sites for hydroxylation is 1. The first kappa shape index (κ1) is 18.5. The molecule has 1 aliphatic heterocycles. The van der Waals surface area contributed by atoms with E-state index in [2.05, 4.69) is 10.3 Å². The van der Waals surface area contributed by atoms with Crippen LogP contribution in [0.4, 0.5) is 0 Å². The Morgan fingerprint density at radius 1 is 1.35 bits per heavy atom. The first-order valence-corrected chi connectivity index (χ1v) is 8.74. The van der Waals surface area contributed by atoms with E-state index in [9.17, 15) is 9.59 Å². The van der Waals surface area contributed by atoms with Crippen LogP contribution in [0, 0.1) is 6.92 Å². The molecule has 0 saturated carbocycles. The standard InChI is InChI=1S/C19H20ClN3O3/c1-11-6-14(8-16(23-11)19(21)25)17(24)9-12-2-3-13(7-15(12)20)18-10-22-4-5-26-18/h2-3,6-8,18,22H,4-5,9-10H2,1H3,(H2,21,25)/t18-/m1/s1. The van der Waals surface area contributed by atoms with E-state index < -0.39 is 5.91 Å². The number of Topliss-reactive ketones (excluding diaryl/α,β-unsaturated/α-hetero) is 1. The number of ether oxygens (including phenoxy) is 1. The van der Waals surface area contributed by atoms with Crippen molar-refractivity contribution in [3.05, 3.63) is 63.4 Å². The summed E-state index contributed by atoms with van der Waals surface area (Å²) in [5.74, 6) is -0.811. The molecule has 1 atom stereocenters. The Balaban J connectivity index is 1.78. The Hall–Kier alpha value is -2.28. The van der Waals surface area contributed by atoms with Crippen LogP contribution in [0.1, 0.15) is 43.8 Å². The molecule has 0 unspecified atom stereocenters. The molecule has 2 heterocycles. The highest BCUT2D eigenvalue weighted by Gasteiger charge is 2.18. The van der Waals surface area contributed by atoms with Crippen molar-refractivity contribution in [3.63, 3.8) is 0 Å². The molecular weight excluding hydrogens is 354 g/mol. The number of rotatable bonds is 5. The zero-order valence-corrected chi connectivity index (χ0v) is 15.2. The van der Waals surface area contributed by atoms with E-state index in [4.69, 9.17) is 22.1 Å². The fourth-order valence-corrected chi connectivity index (χ4v) is 3.17. The van der Waals surface area contributed by atoms with E-state index in [1.807, 2.05) is 18.2 Å². The molecule has 1 fully saturated rings. The Bertz CT molecular complexity index is 848. The molecule has 1 aromatic heterocycles. The lowest BCUT2D eigenvalue weighted by atomic mass is 9.99. The largest absolute Gasteiger partial charge is 0.371 e. The second kappa shape index (κ2) is 7.95. The van der Waals surface area contributed by atoms with Gasteiger partial charge in [0, 0.05) is 35.8 Å². The van der Waals surface area contributed by atoms with E-state index in [1.165, 1.54) is 6.07 Å². The zero-order chi connectivity index (χ0) is 18.7. The first-order chi connectivity index (χ1) is 12.4. The van der Waals surface area contributed by atoms with Gasteiger partial charge in [-0.15, -0.1) is 0 Å². The van der Waals surface area contributed by atoms with Crippen LogP contribution >= 0.6 is 11.6 Å². The zero-order valence-electron chi connectivity index (χ0n) is 14.4. The number of primary amides is 1. The number of hydrogen-bond acceptors (Lipinski definition) is 5.